The molecule has 2 fully saturated rings. The van der Waals surface area contributed by atoms with Crippen molar-refractivity contribution in [2.24, 2.45) is 5.92 Å². The van der Waals surface area contributed by atoms with Gasteiger partial charge in [0.2, 0.25) is 5.91 Å². The summed E-state index contributed by atoms with van der Waals surface area (Å²) in [6.45, 7) is 4.75. The van der Waals surface area contributed by atoms with Gasteiger partial charge in [-0.05, 0) is 31.4 Å². The van der Waals surface area contributed by atoms with Crippen LogP contribution in [0.1, 0.15) is 41.7 Å². The summed E-state index contributed by atoms with van der Waals surface area (Å²) in [7, 11) is 0. The molecule has 4 rings (SSSR count). The Morgan fingerprint density at radius 1 is 1.08 bits per heavy atom. The molecule has 0 radical (unpaired) electrons. The second-order valence-corrected chi connectivity index (χ2v) is 7.19. The van der Waals surface area contributed by atoms with Crippen molar-refractivity contribution >= 4 is 17.5 Å². The van der Waals surface area contributed by atoms with Crippen LogP contribution in [0, 0.1) is 12.8 Å². The highest BCUT2D eigenvalue weighted by molar-refractivity contribution is 5.95. The first-order valence-corrected chi connectivity index (χ1v) is 9.16. The van der Waals surface area contributed by atoms with E-state index in [0.717, 1.165) is 37.1 Å². The maximum absolute atomic E-state index is 12.6. The van der Waals surface area contributed by atoms with Gasteiger partial charge in [-0.25, -0.2) is 4.98 Å². The monoisotopic (exact) mass is 340 g/mol. The Hall–Kier alpha value is -2.37. The van der Waals surface area contributed by atoms with Crippen LogP contribution in [0.15, 0.2) is 24.5 Å². The molecule has 0 saturated carbocycles. The summed E-state index contributed by atoms with van der Waals surface area (Å²) in [4.78, 5) is 33.4. The molecule has 4 heterocycles. The lowest BCUT2D eigenvalue weighted by Gasteiger charge is -2.40. The third kappa shape index (κ3) is 3.01. The van der Waals surface area contributed by atoms with E-state index in [0.29, 0.717) is 18.8 Å². The topological polar surface area (TPSA) is 57.9 Å². The average molecular weight is 340 g/mol. The molecule has 6 nitrogen and oxygen atoms in total. The van der Waals surface area contributed by atoms with Gasteiger partial charge in [0.1, 0.15) is 11.3 Å². The Balaban J connectivity index is 1.40. The van der Waals surface area contributed by atoms with E-state index in [1.54, 1.807) is 11.1 Å². The predicted octanol–water partition coefficient (Wildman–Crippen LogP) is 2.12. The zero-order valence-electron chi connectivity index (χ0n) is 14.6. The normalized spacial score (nSPS) is 18.9. The summed E-state index contributed by atoms with van der Waals surface area (Å²) in [6.07, 6.45) is 8.30. The maximum atomic E-state index is 12.6. The van der Waals surface area contributed by atoms with Gasteiger partial charge >= 0.3 is 0 Å². The molecule has 2 amide bonds. The van der Waals surface area contributed by atoms with Crippen LogP contribution in [-0.2, 0) is 4.79 Å². The van der Waals surface area contributed by atoms with E-state index in [-0.39, 0.29) is 17.7 Å². The van der Waals surface area contributed by atoms with Crippen molar-refractivity contribution in [2.75, 3.05) is 26.2 Å². The van der Waals surface area contributed by atoms with E-state index in [1.807, 2.05) is 34.6 Å². The molecular weight excluding hydrogens is 316 g/mol. The zero-order chi connectivity index (χ0) is 17.4. The van der Waals surface area contributed by atoms with Crippen molar-refractivity contribution in [1.82, 2.24) is 19.2 Å². The Morgan fingerprint density at radius 3 is 2.48 bits per heavy atom. The quantitative estimate of drug-likeness (QED) is 0.841. The molecular formula is C19H24N4O2. The lowest BCUT2D eigenvalue weighted by atomic mass is 9.97. The molecule has 0 bridgehead atoms. The molecule has 0 N–H and O–H groups in total. The molecule has 2 saturated heterocycles. The number of imidazole rings is 1. The fourth-order valence-corrected chi connectivity index (χ4v) is 3.77. The van der Waals surface area contributed by atoms with Gasteiger partial charge in [-0.1, -0.05) is 18.9 Å². The van der Waals surface area contributed by atoms with Crippen molar-refractivity contribution < 1.29 is 9.59 Å². The van der Waals surface area contributed by atoms with Crippen LogP contribution in [0.3, 0.4) is 0 Å². The largest absolute Gasteiger partial charge is 0.342 e. The highest BCUT2D eigenvalue weighted by Gasteiger charge is 2.38. The molecule has 0 aromatic carbocycles. The third-order valence-electron chi connectivity index (χ3n) is 5.33. The molecule has 0 spiro atoms. The van der Waals surface area contributed by atoms with Crippen molar-refractivity contribution in [3.63, 3.8) is 0 Å². The van der Waals surface area contributed by atoms with Crippen molar-refractivity contribution in [2.45, 2.75) is 32.6 Å². The van der Waals surface area contributed by atoms with Crippen LogP contribution in [0.2, 0.25) is 0 Å². The number of rotatable bonds is 2. The number of carbonyl (C=O) groups is 2. The standard InChI is InChI=1S/C19H24N4O2/c1-14-7-6-10-22-13-16(20-17(14)22)19(25)23-11-15(12-23)18(24)21-8-4-2-3-5-9-21/h6-7,10,13,15H,2-5,8-9,11-12H2,1H3. The Kier molecular flexibility index (Phi) is 4.19. The summed E-state index contributed by atoms with van der Waals surface area (Å²) in [5.74, 6) is 0.0978. The van der Waals surface area contributed by atoms with Gasteiger partial charge in [-0.3, -0.25) is 9.59 Å². The lowest BCUT2D eigenvalue weighted by Crippen LogP contribution is -2.56. The number of nitrogens with zero attached hydrogens (tertiary/aromatic N) is 4. The summed E-state index contributed by atoms with van der Waals surface area (Å²) < 4.78 is 1.88. The Bertz CT molecular complexity index is 799. The second-order valence-electron chi connectivity index (χ2n) is 7.19. The molecule has 2 aromatic heterocycles. The van der Waals surface area contributed by atoms with Gasteiger partial charge < -0.3 is 14.2 Å². The van der Waals surface area contributed by atoms with E-state index >= 15 is 0 Å². The van der Waals surface area contributed by atoms with Crippen LogP contribution >= 0.6 is 0 Å². The highest BCUT2D eigenvalue weighted by Crippen LogP contribution is 2.23. The van der Waals surface area contributed by atoms with Crippen LogP contribution in [0.4, 0.5) is 0 Å². The molecule has 0 atom stereocenters. The molecule has 2 aromatic rings. The van der Waals surface area contributed by atoms with Gasteiger partial charge in [-0.15, -0.1) is 0 Å². The van der Waals surface area contributed by atoms with Crippen LogP contribution in [0.5, 0.6) is 0 Å². The maximum Gasteiger partial charge on any atom is 0.274 e. The van der Waals surface area contributed by atoms with Gasteiger partial charge in [0.05, 0.1) is 5.92 Å². The van der Waals surface area contributed by atoms with E-state index in [1.165, 1.54) is 12.8 Å². The number of amides is 2. The highest BCUT2D eigenvalue weighted by atomic mass is 16.2. The predicted molar refractivity (Wildman–Crippen MR) is 94.4 cm³/mol. The molecule has 25 heavy (non-hydrogen) atoms. The number of fused-ring (bicyclic) bond motifs is 1. The van der Waals surface area contributed by atoms with Crippen molar-refractivity contribution in [3.8, 4) is 0 Å². The van der Waals surface area contributed by atoms with Crippen LogP contribution in [0.25, 0.3) is 5.65 Å². The van der Waals surface area contributed by atoms with Gasteiger partial charge in [0.15, 0.2) is 0 Å². The van der Waals surface area contributed by atoms with Gasteiger partial charge in [0.25, 0.3) is 5.91 Å². The van der Waals surface area contributed by atoms with E-state index < -0.39 is 0 Å². The molecule has 0 aliphatic carbocycles. The van der Waals surface area contributed by atoms with E-state index in [9.17, 15) is 9.59 Å². The van der Waals surface area contributed by atoms with Crippen molar-refractivity contribution in [3.05, 3.63) is 35.8 Å². The molecule has 2 aliphatic rings. The number of aromatic nitrogens is 2. The fourth-order valence-electron chi connectivity index (χ4n) is 3.77. The minimum atomic E-state index is -0.0805. The van der Waals surface area contributed by atoms with Gasteiger partial charge in [-0.2, -0.15) is 0 Å². The smallest absolute Gasteiger partial charge is 0.274 e. The SMILES string of the molecule is Cc1cccn2cc(C(=O)N3CC(C(=O)N4CCCCCC4)C3)nc12. The molecule has 2 aliphatic heterocycles. The molecule has 132 valence electrons. The minimum Gasteiger partial charge on any atom is -0.342 e. The second kappa shape index (κ2) is 6.50. The fraction of sp³-hybridized carbons (Fsp3) is 0.526. The number of hydrogen-bond acceptors (Lipinski definition) is 3. The summed E-state index contributed by atoms with van der Waals surface area (Å²) in [5, 5.41) is 0. The van der Waals surface area contributed by atoms with E-state index in [4.69, 9.17) is 0 Å². The number of carbonyl (C=O) groups excluding carboxylic acids is 2. The first-order chi connectivity index (χ1) is 12.1. The summed E-state index contributed by atoms with van der Waals surface area (Å²) >= 11 is 0. The first kappa shape index (κ1) is 16.1. The van der Waals surface area contributed by atoms with E-state index in [2.05, 4.69) is 4.98 Å². The Morgan fingerprint density at radius 2 is 1.80 bits per heavy atom. The van der Waals surface area contributed by atoms with Crippen molar-refractivity contribution in [1.29, 1.82) is 0 Å². The third-order valence-corrected chi connectivity index (χ3v) is 5.33. The van der Waals surface area contributed by atoms with Gasteiger partial charge in [0, 0.05) is 38.6 Å². The minimum absolute atomic E-state index is 0.0409. The lowest BCUT2D eigenvalue weighted by molar-refractivity contribution is -0.139. The number of hydrogen-bond donors (Lipinski definition) is 0. The summed E-state index contributed by atoms with van der Waals surface area (Å²) in [6, 6.07) is 3.92. The Labute approximate surface area is 147 Å². The van der Waals surface area contributed by atoms with Crippen LogP contribution in [-0.4, -0.2) is 57.2 Å². The molecule has 0 unspecified atom stereocenters. The first-order valence-electron chi connectivity index (χ1n) is 9.16. The number of aryl methyl sites for hydroxylation is 1. The summed E-state index contributed by atoms with van der Waals surface area (Å²) in [5.41, 5.74) is 2.30. The number of likely N-dealkylation sites (tertiary alicyclic amines) is 2. The van der Waals surface area contributed by atoms with Crippen LogP contribution < -0.4 is 0 Å². The average Bonchev–Trinajstić information content (AvgIpc) is 2.82. The molecule has 6 heteroatoms. The zero-order valence-corrected chi connectivity index (χ0v) is 14.6. The number of pyridine rings is 1.